The molecule has 5 nitrogen and oxygen atoms in total. The molecule has 0 heterocycles. The topological polar surface area (TPSA) is 64.6 Å². The molecule has 0 spiro atoms. The smallest absolute Gasteiger partial charge is 0.240 e. The third-order valence-electron chi connectivity index (χ3n) is 3.19. The molecule has 0 aromatic heterocycles. The first-order valence-electron chi connectivity index (χ1n) is 6.81. The van der Waals surface area contributed by atoms with Crippen LogP contribution in [-0.2, 0) is 20.2 Å². The summed E-state index contributed by atoms with van der Waals surface area (Å²) < 4.78 is 37.6. The maximum Gasteiger partial charge on any atom is 0.240 e. The molecule has 0 fully saturated rings. The molecule has 0 unspecified atom stereocenters. The first-order chi connectivity index (χ1) is 9.63. The molecule has 0 atom stereocenters. The fourth-order valence-electron chi connectivity index (χ4n) is 2.06. The molecule has 0 radical (unpaired) electrons. The zero-order chi connectivity index (χ0) is 16.3. The van der Waals surface area contributed by atoms with Crippen molar-refractivity contribution in [2.24, 2.45) is 0 Å². The normalized spacial score (nSPS) is 12.5. The maximum atomic E-state index is 12.4. The Morgan fingerprint density at radius 2 is 1.81 bits per heavy atom. The molecule has 1 N–H and O–H groups in total. The molecule has 0 saturated heterocycles. The van der Waals surface area contributed by atoms with Crippen molar-refractivity contribution in [3.63, 3.8) is 0 Å². The second kappa shape index (κ2) is 6.77. The minimum atomic E-state index is -3.56. The predicted octanol–water partition coefficient (Wildman–Crippen LogP) is 2.23. The van der Waals surface area contributed by atoms with Crippen molar-refractivity contribution in [3.05, 3.63) is 23.3 Å². The lowest BCUT2D eigenvalue weighted by molar-refractivity contribution is 0.204. The van der Waals surface area contributed by atoms with Crippen LogP contribution in [0.2, 0.25) is 0 Å². The van der Waals surface area contributed by atoms with E-state index in [2.05, 4.69) is 4.72 Å². The zero-order valence-electron chi connectivity index (χ0n) is 13.6. The van der Waals surface area contributed by atoms with Crippen LogP contribution < -0.4 is 9.46 Å². The van der Waals surface area contributed by atoms with Crippen molar-refractivity contribution >= 4 is 10.0 Å². The monoisotopic (exact) mass is 315 g/mol. The molecular weight excluding hydrogens is 290 g/mol. The summed E-state index contributed by atoms with van der Waals surface area (Å²) in [4.78, 5) is 0.282. The van der Waals surface area contributed by atoms with E-state index in [0.717, 1.165) is 5.56 Å². The quantitative estimate of drug-likeness (QED) is 0.818. The molecule has 120 valence electrons. The minimum absolute atomic E-state index is 0.212. The van der Waals surface area contributed by atoms with Gasteiger partial charge in [0.25, 0.3) is 0 Å². The van der Waals surface area contributed by atoms with Gasteiger partial charge in [-0.2, -0.15) is 0 Å². The largest absolute Gasteiger partial charge is 0.496 e. The number of sulfonamides is 1. The Labute approximate surface area is 127 Å². The molecule has 21 heavy (non-hydrogen) atoms. The highest BCUT2D eigenvalue weighted by Gasteiger charge is 2.25. The Kier molecular flexibility index (Phi) is 5.78. The van der Waals surface area contributed by atoms with Crippen molar-refractivity contribution in [1.82, 2.24) is 4.72 Å². The molecule has 6 heteroatoms. The Balaban J connectivity index is 3.31. The van der Waals surface area contributed by atoms with E-state index in [4.69, 9.17) is 9.47 Å². The molecule has 0 saturated carbocycles. The van der Waals surface area contributed by atoms with Gasteiger partial charge in [-0.25, -0.2) is 13.1 Å². The van der Waals surface area contributed by atoms with Crippen molar-refractivity contribution in [2.45, 2.75) is 38.0 Å². The van der Waals surface area contributed by atoms with E-state index in [1.165, 1.54) is 7.11 Å². The van der Waals surface area contributed by atoms with Gasteiger partial charge in [-0.05, 0) is 30.0 Å². The molecule has 1 rings (SSSR count). The number of rotatable bonds is 6. The molecule has 1 aromatic rings. The van der Waals surface area contributed by atoms with E-state index >= 15 is 0 Å². The molecule has 0 bridgehead atoms. The Morgan fingerprint density at radius 1 is 1.19 bits per heavy atom. The van der Waals surface area contributed by atoms with Crippen LogP contribution in [0.4, 0.5) is 0 Å². The lowest BCUT2D eigenvalue weighted by Crippen LogP contribution is -2.28. The number of nitrogens with one attached hydrogen (secondary N) is 1. The molecule has 0 aliphatic heterocycles. The van der Waals surface area contributed by atoms with Crippen LogP contribution in [0.5, 0.6) is 5.75 Å². The van der Waals surface area contributed by atoms with Gasteiger partial charge in [0, 0.05) is 19.2 Å². The van der Waals surface area contributed by atoms with Crippen molar-refractivity contribution in [3.8, 4) is 5.75 Å². The Hall–Kier alpha value is -1.11. The second-order valence-corrected chi connectivity index (χ2v) is 7.69. The summed E-state index contributed by atoms with van der Waals surface area (Å²) in [7, 11) is -0.432. The average Bonchev–Trinajstić information content (AvgIpc) is 2.36. The summed E-state index contributed by atoms with van der Waals surface area (Å²) in [6, 6.07) is 3.47. The molecule has 0 amide bonds. The van der Waals surface area contributed by atoms with Crippen molar-refractivity contribution < 1.29 is 17.9 Å². The fourth-order valence-corrected chi connectivity index (χ4v) is 3.33. The number of hydrogen-bond donors (Lipinski definition) is 1. The van der Waals surface area contributed by atoms with Crippen LogP contribution in [0.15, 0.2) is 17.0 Å². The van der Waals surface area contributed by atoms with Crippen LogP contribution in [0.3, 0.4) is 0 Å². The van der Waals surface area contributed by atoms with Crippen LogP contribution in [0, 0.1) is 6.92 Å². The summed E-state index contributed by atoms with van der Waals surface area (Å²) in [5.41, 5.74) is 1.31. The highest BCUT2D eigenvalue weighted by molar-refractivity contribution is 7.89. The first kappa shape index (κ1) is 17.9. The molecule has 0 aliphatic carbocycles. The van der Waals surface area contributed by atoms with E-state index in [0.29, 0.717) is 17.9 Å². The number of benzene rings is 1. The summed E-state index contributed by atoms with van der Waals surface area (Å²) >= 11 is 0. The van der Waals surface area contributed by atoms with Crippen molar-refractivity contribution in [1.29, 1.82) is 0 Å². The van der Waals surface area contributed by atoms with Gasteiger partial charge in [0.1, 0.15) is 5.75 Å². The number of ether oxygens (including phenoxy) is 2. The van der Waals surface area contributed by atoms with Crippen molar-refractivity contribution in [2.75, 3.05) is 27.4 Å². The Morgan fingerprint density at radius 3 is 2.29 bits per heavy atom. The van der Waals surface area contributed by atoms with E-state index in [-0.39, 0.29) is 16.9 Å². The summed E-state index contributed by atoms with van der Waals surface area (Å²) in [6.45, 7) is 8.41. The molecule has 0 aliphatic rings. The predicted molar refractivity (Wildman–Crippen MR) is 83.5 cm³/mol. The SMILES string of the molecule is COCCNS(=O)(=O)c1cc(C(C)(C)C)c(OC)cc1C. The minimum Gasteiger partial charge on any atom is -0.496 e. The number of aryl methyl sites for hydroxylation is 1. The van der Waals surface area contributed by atoms with Crippen LogP contribution >= 0.6 is 0 Å². The third-order valence-corrected chi connectivity index (χ3v) is 4.80. The Bertz CT molecular complexity index is 588. The maximum absolute atomic E-state index is 12.4. The van der Waals surface area contributed by atoms with Gasteiger partial charge in [-0.3, -0.25) is 0 Å². The van der Waals surface area contributed by atoms with Gasteiger partial charge in [0.05, 0.1) is 18.6 Å². The standard InChI is InChI=1S/C15H25NO4S/c1-11-9-13(20-6)12(15(2,3)4)10-14(11)21(17,18)16-7-8-19-5/h9-10,16H,7-8H2,1-6H3. The second-order valence-electron chi connectivity index (χ2n) is 5.96. The van der Waals surface area contributed by atoms with Gasteiger partial charge in [-0.15, -0.1) is 0 Å². The molecular formula is C15H25NO4S. The highest BCUT2D eigenvalue weighted by atomic mass is 32.2. The van der Waals surface area contributed by atoms with Crippen LogP contribution in [0.1, 0.15) is 31.9 Å². The summed E-state index contributed by atoms with van der Waals surface area (Å²) in [5.74, 6) is 0.704. The van der Waals surface area contributed by atoms with Crippen LogP contribution in [-0.4, -0.2) is 35.8 Å². The first-order valence-corrected chi connectivity index (χ1v) is 8.29. The fraction of sp³-hybridized carbons (Fsp3) is 0.600. The van der Waals surface area contributed by atoms with E-state index < -0.39 is 10.0 Å². The highest BCUT2D eigenvalue weighted by Crippen LogP contribution is 2.34. The summed E-state index contributed by atoms with van der Waals surface area (Å²) in [6.07, 6.45) is 0. The summed E-state index contributed by atoms with van der Waals surface area (Å²) in [5, 5.41) is 0. The number of methoxy groups -OCH3 is 2. The average molecular weight is 315 g/mol. The van der Waals surface area contributed by atoms with Gasteiger partial charge >= 0.3 is 0 Å². The number of hydrogen-bond acceptors (Lipinski definition) is 4. The lowest BCUT2D eigenvalue weighted by Gasteiger charge is -2.24. The van der Waals surface area contributed by atoms with E-state index in [1.807, 2.05) is 20.8 Å². The third kappa shape index (κ3) is 4.43. The van der Waals surface area contributed by atoms with Gasteiger partial charge in [-0.1, -0.05) is 20.8 Å². The van der Waals surface area contributed by atoms with Gasteiger partial charge < -0.3 is 9.47 Å². The van der Waals surface area contributed by atoms with Gasteiger partial charge in [0.15, 0.2) is 0 Å². The van der Waals surface area contributed by atoms with E-state index in [9.17, 15) is 8.42 Å². The van der Waals surface area contributed by atoms with Gasteiger partial charge in [0.2, 0.25) is 10.0 Å². The molecule has 1 aromatic carbocycles. The van der Waals surface area contributed by atoms with E-state index in [1.54, 1.807) is 26.2 Å². The zero-order valence-corrected chi connectivity index (χ0v) is 14.4. The van der Waals surface area contributed by atoms with Crippen LogP contribution in [0.25, 0.3) is 0 Å². The lowest BCUT2D eigenvalue weighted by atomic mass is 9.86.